The van der Waals surface area contributed by atoms with Crippen molar-refractivity contribution in [2.24, 2.45) is 0 Å². The molecule has 6 heteroatoms. The van der Waals surface area contributed by atoms with Crippen LogP contribution in [0, 0.1) is 0 Å². The average molecular weight is 300 g/mol. The number of esters is 1. The molecule has 3 unspecified atom stereocenters. The molecule has 3 aliphatic rings. The Balaban J connectivity index is 1.74. The van der Waals surface area contributed by atoms with Crippen LogP contribution in [-0.2, 0) is 26.3 Å². The second-order valence-electron chi connectivity index (χ2n) is 6.17. The Morgan fingerprint density at radius 1 is 1.27 bits per heavy atom. The number of benzene rings is 1. The van der Waals surface area contributed by atoms with Crippen LogP contribution in [0.2, 0.25) is 0 Å². The zero-order valence-corrected chi connectivity index (χ0v) is 12.2. The first-order valence-corrected chi connectivity index (χ1v) is 7.47. The molecular weight excluding hydrogens is 284 g/mol. The maximum atomic E-state index is 13.0. The molecule has 0 aromatic heterocycles. The Kier molecular flexibility index (Phi) is 2.61. The molecule has 2 fully saturated rings. The van der Waals surface area contributed by atoms with Gasteiger partial charge in [0.05, 0.1) is 0 Å². The SMILES string of the molecule is CC1CC(N2C(=O)NC3(CCc4ccccc43)C2=O)C(=O)O1. The van der Waals surface area contributed by atoms with Gasteiger partial charge in [0.25, 0.3) is 5.91 Å². The number of aryl methyl sites for hydroxylation is 1. The molecule has 22 heavy (non-hydrogen) atoms. The van der Waals surface area contributed by atoms with Crippen LogP contribution in [0.15, 0.2) is 24.3 Å². The summed E-state index contributed by atoms with van der Waals surface area (Å²) in [4.78, 5) is 38.3. The number of ether oxygens (including phenoxy) is 1. The number of cyclic esters (lactones) is 1. The molecule has 1 aromatic rings. The van der Waals surface area contributed by atoms with Crippen molar-refractivity contribution in [2.75, 3.05) is 0 Å². The fraction of sp³-hybridized carbons (Fsp3) is 0.438. The highest BCUT2D eigenvalue weighted by Crippen LogP contribution is 2.42. The van der Waals surface area contributed by atoms with E-state index in [0.29, 0.717) is 12.8 Å². The molecule has 6 nitrogen and oxygen atoms in total. The first kappa shape index (κ1) is 13.3. The van der Waals surface area contributed by atoms with Gasteiger partial charge in [-0.1, -0.05) is 24.3 Å². The Hall–Kier alpha value is -2.37. The molecule has 1 N–H and O–H groups in total. The molecular formula is C16H16N2O4. The van der Waals surface area contributed by atoms with E-state index in [-0.39, 0.29) is 12.0 Å². The van der Waals surface area contributed by atoms with Crippen molar-refractivity contribution in [2.45, 2.75) is 43.9 Å². The molecule has 4 rings (SSSR count). The zero-order chi connectivity index (χ0) is 15.5. The number of carbonyl (C=O) groups is 3. The molecule has 114 valence electrons. The number of rotatable bonds is 1. The fourth-order valence-corrected chi connectivity index (χ4v) is 3.79. The molecule has 0 radical (unpaired) electrons. The third-order valence-electron chi connectivity index (χ3n) is 4.83. The van der Waals surface area contributed by atoms with Crippen LogP contribution in [0.4, 0.5) is 4.79 Å². The summed E-state index contributed by atoms with van der Waals surface area (Å²) in [6, 6.07) is 6.32. The van der Waals surface area contributed by atoms with Gasteiger partial charge in [-0.25, -0.2) is 14.5 Å². The van der Waals surface area contributed by atoms with Crippen LogP contribution >= 0.6 is 0 Å². The molecule has 2 saturated heterocycles. The lowest BCUT2D eigenvalue weighted by Gasteiger charge is -2.23. The standard InChI is InChI=1S/C16H16N2O4/c1-9-8-12(13(19)22-9)18-14(20)16(17-15(18)21)7-6-10-4-2-3-5-11(10)16/h2-5,9,12H,6-8H2,1H3,(H,17,21). The lowest BCUT2D eigenvalue weighted by Crippen LogP contribution is -2.45. The Morgan fingerprint density at radius 3 is 2.77 bits per heavy atom. The number of carbonyl (C=O) groups excluding carboxylic acids is 3. The van der Waals surface area contributed by atoms with Gasteiger partial charge in [-0.2, -0.15) is 0 Å². The van der Waals surface area contributed by atoms with Gasteiger partial charge in [0.1, 0.15) is 17.7 Å². The van der Waals surface area contributed by atoms with Gasteiger partial charge >= 0.3 is 12.0 Å². The molecule has 1 aromatic carbocycles. The minimum Gasteiger partial charge on any atom is -0.461 e. The number of hydrogen-bond donors (Lipinski definition) is 1. The predicted molar refractivity (Wildman–Crippen MR) is 75.8 cm³/mol. The minimum absolute atomic E-state index is 0.273. The average Bonchev–Trinajstić information content (AvgIpc) is 3.09. The molecule has 2 heterocycles. The molecule has 3 amide bonds. The summed E-state index contributed by atoms with van der Waals surface area (Å²) in [6.45, 7) is 1.76. The van der Waals surface area contributed by atoms with E-state index in [9.17, 15) is 14.4 Å². The monoisotopic (exact) mass is 300 g/mol. The fourth-order valence-electron chi connectivity index (χ4n) is 3.79. The van der Waals surface area contributed by atoms with Crippen LogP contribution in [0.3, 0.4) is 0 Å². The number of imide groups is 1. The van der Waals surface area contributed by atoms with Crippen molar-refractivity contribution < 1.29 is 19.1 Å². The van der Waals surface area contributed by atoms with Crippen LogP contribution in [-0.4, -0.2) is 35.0 Å². The summed E-state index contributed by atoms with van der Waals surface area (Å²) >= 11 is 0. The third-order valence-corrected chi connectivity index (χ3v) is 4.83. The first-order chi connectivity index (χ1) is 10.5. The van der Waals surface area contributed by atoms with E-state index in [4.69, 9.17) is 4.74 Å². The van der Waals surface area contributed by atoms with Crippen LogP contribution < -0.4 is 5.32 Å². The Bertz CT molecular complexity index is 701. The van der Waals surface area contributed by atoms with Gasteiger partial charge in [0, 0.05) is 6.42 Å². The van der Waals surface area contributed by atoms with E-state index in [1.54, 1.807) is 6.92 Å². The van der Waals surface area contributed by atoms with Crippen molar-refractivity contribution in [3.8, 4) is 0 Å². The second-order valence-corrected chi connectivity index (χ2v) is 6.17. The number of fused-ring (bicyclic) bond motifs is 2. The summed E-state index contributed by atoms with van der Waals surface area (Å²) in [5.74, 6) is -0.835. The zero-order valence-electron chi connectivity index (χ0n) is 12.2. The predicted octanol–water partition coefficient (Wildman–Crippen LogP) is 1.08. The van der Waals surface area contributed by atoms with E-state index in [1.165, 1.54) is 0 Å². The van der Waals surface area contributed by atoms with Gasteiger partial charge in [-0.05, 0) is 30.9 Å². The Labute approximate surface area is 127 Å². The smallest absolute Gasteiger partial charge is 0.329 e. The van der Waals surface area contributed by atoms with E-state index in [1.807, 2.05) is 24.3 Å². The maximum absolute atomic E-state index is 13.0. The second kappa shape index (κ2) is 4.32. The quantitative estimate of drug-likeness (QED) is 0.622. The molecule has 1 spiro atoms. The highest BCUT2D eigenvalue weighted by atomic mass is 16.6. The first-order valence-electron chi connectivity index (χ1n) is 7.47. The lowest BCUT2D eigenvalue weighted by molar-refractivity contribution is -0.147. The number of urea groups is 1. The third kappa shape index (κ3) is 1.58. The van der Waals surface area contributed by atoms with E-state index in [0.717, 1.165) is 22.4 Å². The van der Waals surface area contributed by atoms with Crippen molar-refractivity contribution in [3.63, 3.8) is 0 Å². The van der Waals surface area contributed by atoms with Gasteiger partial charge in [0.15, 0.2) is 0 Å². The van der Waals surface area contributed by atoms with Gasteiger partial charge in [-0.15, -0.1) is 0 Å². The largest absolute Gasteiger partial charge is 0.461 e. The molecule has 1 aliphatic carbocycles. The lowest BCUT2D eigenvalue weighted by atomic mass is 9.91. The van der Waals surface area contributed by atoms with Gasteiger partial charge in [0.2, 0.25) is 0 Å². The van der Waals surface area contributed by atoms with Crippen LogP contribution in [0.5, 0.6) is 0 Å². The highest BCUT2D eigenvalue weighted by Gasteiger charge is 2.59. The van der Waals surface area contributed by atoms with E-state index >= 15 is 0 Å². The van der Waals surface area contributed by atoms with E-state index < -0.39 is 23.6 Å². The minimum atomic E-state index is -1.01. The number of hydrogen-bond acceptors (Lipinski definition) is 4. The van der Waals surface area contributed by atoms with Crippen LogP contribution in [0.25, 0.3) is 0 Å². The molecule has 3 atom stereocenters. The number of amides is 3. The van der Waals surface area contributed by atoms with Crippen molar-refractivity contribution in [1.82, 2.24) is 10.2 Å². The normalized spacial score (nSPS) is 33.3. The number of nitrogens with zero attached hydrogens (tertiary/aromatic N) is 1. The molecule has 0 saturated carbocycles. The van der Waals surface area contributed by atoms with Crippen molar-refractivity contribution >= 4 is 17.9 Å². The van der Waals surface area contributed by atoms with Gasteiger partial charge in [-0.3, -0.25) is 4.79 Å². The van der Waals surface area contributed by atoms with Gasteiger partial charge < -0.3 is 10.1 Å². The Morgan fingerprint density at radius 2 is 2.05 bits per heavy atom. The van der Waals surface area contributed by atoms with Crippen LogP contribution in [0.1, 0.15) is 30.9 Å². The topological polar surface area (TPSA) is 75.7 Å². The molecule has 0 bridgehead atoms. The summed E-state index contributed by atoms with van der Waals surface area (Å²) in [5.41, 5.74) is 0.899. The highest BCUT2D eigenvalue weighted by molar-refractivity contribution is 6.10. The summed E-state index contributed by atoms with van der Waals surface area (Å²) in [5, 5.41) is 2.83. The summed E-state index contributed by atoms with van der Waals surface area (Å²) in [6.07, 6.45) is 1.35. The van der Waals surface area contributed by atoms with Crippen molar-refractivity contribution in [3.05, 3.63) is 35.4 Å². The van der Waals surface area contributed by atoms with E-state index in [2.05, 4.69) is 5.32 Å². The van der Waals surface area contributed by atoms with Crippen molar-refractivity contribution in [1.29, 1.82) is 0 Å². The maximum Gasteiger partial charge on any atom is 0.329 e. The summed E-state index contributed by atoms with van der Waals surface area (Å²) < 4.78 is 5.09. The molecule has 2 aliphatic heterocycles. The number of nitrogens with one attached hydrogen (secondary N) is 1. The summed E-state index contributed by atoms with van der Waals surface area (Å²) in [7, 11) is 0.